The number of rotatable bonds is 6. The molecule has 0 bridgehead atoms. The number of benzene rings is 1. The van der Waals surface area contributed by atoms with E-state index in [2.05, 4.69) is 15.0 Å². The van der Waals surface area contributed by atoms with Crippen molar-refractivity contribution in [2.45, 2.75) is 38.3 Å². The maximum atomic E-state index is 14.5. The summed E-state index contributed by atoms with van der Waals surface area (Å²) >= 11 is 0. The van der Waals surface area contributed by atoms with E-state index < -0.39 is 33.8 Å². The molecule has 1 amide bonds. The molecular weight excluding hydrogens is 433 g/mol. The summed E-state index contributed by atoms with van der Waals surface area (Å²) in [5, 5.41) is 12.1. The smallest absolute Gasteiger partial charge is 0.243 e. The summed E-state index contributed by atoms with van der Waals surface area (Å²) in [6.07, 6.45) is 3.01. The number of likely N-dealkylation sites (tertiary alicyclic amines) is 1. The number of likely N-dealkylation sites (N-methyl/N-ethyl adjacent to an activating group) is 1. The first-order valence-corrected chi connectivity index (χ1v) is 12.1. The second kappa shape index (κ2) is 9.32. The molecule has 2 N–H and O–H groups in total. The van der Waals surface area contributed by atoms with E-state index in [1.165, 1.54) is 24.4 Å². The first-order chi connectivity index (χ1) is 15.0. The minimum atomic E-state index is -3.50. The quantitative estimate of drug-likeness (QED) is 0.686. The average molecular weight is 460 g/mol. The van der Waals surface area contributed by atoms with Gasteiger partial charge in [0.1, 0.15) is 23.6 Å². The fourth-order valence-electron chi connectivity index (χ4n) is 4.03. The third-order valence-corrected chi connectivity index (χ3v) is 6.20. The lowest BCUT2D eigenvalue weighted by Crippen LogP contribution is -2.50. The van der Waals surface area contributed by atoms with Gasteiger partial charge in [-0.25, -0.2) is 22.5 Å². The highest BCUT2D eigenvalue weighted by molar-refractivity contribution is 7.88. The number of nitriles is 1. The molecule has 0 aliphatic carbocycles. The molecule has 32 heavy (non-hydrogen) atoms. The second-order valence-electron chi connectivity index (χ2n) is 8.31. The van der Waals surface area contributed by atoms with Gasteiger partial charge in [-0.2, -0.15) is 5.26 Å². The lowest BCUT2D eigenvalue weighted by molar-refractivity contribution is -0.120. The Balaban J connectivity index is 2.06. The number of hydrogen-bond donors (Lipinski definition) is 2. The minimum Gasteiger partial charge on any atom is -0.324 e. The Morgan fingerprint density at radius 1 is 1.34 bits per heavy atom. The zero-order chi connectivity index (χ0) is 23.6. The van der Waals surface area contributed by atoms with Gasteiger partial charge in [0.2, 0.25) is 15.9 Å². The standard InChI is InChI=1S/C22H26FN5O3S/c1-13(2)17-10-15(23)11-18(14-5-7-25-16(9-14)12-24)20(17)26-22(29)21-19(6-8-28(21)3)27-32(4,30)31/h5,7,9-11,13,19,21,27H,6,8H2,1-4H3,(H,26,29). The average Bonchev–Trinajstić information content (AvgIpc) is 3.07. The summed E-state index contributed by atoms with van der Waals surface area (Å²) in [5.74, 6) is -0.967. The van der Waals surface area contributed by atoms with Crippen LogP contribution in [0.1, 0.15) is 37.4 Å². The molecule has 1 aliphatic rings. The Hall–Kier alpha value is -2.87. The lowest BCUT2D eigenvalue weighted by atomic mass is 9.93. The minimum absolute atomic E-state index is 0.108. The van der Waals surface area contributed by atoms with Gasteiger partial charge in [0, 0.05) is 24.3 Å². The summed E-state index contributed by atoms with van der Waals surface area (Å²) in [6, 6.07) is 6.52. The zero-order valence-corrected chi connectivity index (χ0v) is 19.2. The number of hydrogen-bond acceptors (Lipinski definition) is 6. The van der Waals surface area contributed by atoms with E-state index in [4.69, 9.17) is 0 Å². The Labute approximate surface area is 187 Å². The van der Waals surface area contributed by atoms with Gasteiger partial charge in [-0.3, -0.25) is 9.69 Å². The molecule has 3 rings (SSSR count). The highest BCUT2D eigenvalue weighted by Gasteiger charge is 2.39. The van der Waals surface area contributed by atoms with Crippen LogP contribution in [0, 0.1) is 17.1 Å². The van der Waals surface area contributed by atoms with Crippen LogP contribution in [0.25, 0.3) is 11.1 Å². The molecule has 2 heterocycles. The van der Waals surface area contributed by atoms with Gasteiger partial charge in [0.25, 0.3) is 0 Å². The van der Waals surface area contributed by atoms with Gasteiger partial charge < -0.3 is 5.32 Å². The molecule has 10 heteroatoms. The van der Waals surface area contributed by atoms with Crippen molar-refractivity contribution in [1.29, 1.82) is 5.26 Å². The van der Waals surface area contributed by atoms with Crippen LogP contribution in [-0.4, -0.2) is 56.1 Å². The number of nitrogens with one attached hydrogen (secondary N) is 2. The van der Waals surface area contributed by atoms with Gasteiger partial charge in [-0.1, -0.05) is 13.8 Å². The normalized spacial score (nSPS) is 19.2. The largest absolute Gasteiger partial charge is 0.324 e. The molecule has 0 radical (unpaired) electrons. The van der Waals surface area contributed by atoms with Crippen molar-refractivity contribution in [2.24, 2.45) is 0 Å². The number of carbonyl (C=O) groups is 1. The molecule has 2 atom stereocenters. The molecule has 170 valence electrons. The van der Waals surface area contributed by atoms with E-state index >= 15 is 0 Å². The Morgan fingerprint density at radius 3 is 2.69 bits per heavy atom. The molecule has 2 aromatic rings. The summed E-state index contributed by atoms with van der Waals surface area (Å²) in [7, 11) is -1.74. The maximum absolute atomic E-state index is 14.5. The Kier molecular flexibility index (Phi) is 6.93. The van der Waals surface area contributed by atoms with E-state index in [1.54, 1.807) is 18.0 Å². The van der Waals surface area contributed by atoms with Gasteiger partial charge >= 0.3 is 0 Å². The van der Waals surface area contributed by atoms with Crippen LogP contribution < -0.4 is 10.0 Å². The van der Waals surface area contributed by atoms with Crippen LogP contribution in [0.5, 0.6) is 0 Å². The van der Waals surface area contributed by atoms with Crippen molar-refractivity contribution in [3.05, 3.63) is 47.5 Å². The SMILES string of the molecule is CC(C)c1cc(F)cc(-c2ccnc(C#N)c2)c1NC(=O)C1C(NS(C)(=O)=O)CCN1C. The molecule has 1 aromatic carbocycles. The van der Waals surface area contributed by atoms with Gasteiger partial charge in [0.15, 0.2) is 0 Å². The topological polar surface area (TPSA) is 115 Å². The van der Waals surface area contributed by atoms with Crippen molar-refractivity contribution in [3.8, 4) is 17.2 Å². The van der Waals surface area contributed by atoms with Gasteiger partial charge in [0.05, 0.1) is 11.9 Å². The number of halogens is 1. The van der Waals surface area contributed by atoms with E-state index in [1.807, 2.05) is 19.9 Å². The number of nitrogens with zero attached hydrogens (tertiary/aromatic N) is 3. The monoisotopic (exact) mass is 459 g/mol. The number of sulfonamides is 1. The summed E-state index contributed by atoms with van der Waals surface area (Å²) < 4.78 is 40.6. The molecule has 0 saturated carbocycles. The number of pyridine rings is 1. The van der Waals surface area contributed by atoms with Crippen LogP contribution in [0.2, 0.25) is 0 Å². The van der Waals surface area contributed by atoms with Crippen LogP contribution in [0.3, 0.4) is 0 Å². The van der Waals surface area contributed by atoms with Crippen LogP contribution in [0.15, 0.2) is 30.5 Å². The van der Waals surface area contributed by atoms with Gasteiger partial charge in [-0.15, -0.1) is 0 Å². The number of amides is 1. The summed E-state index contributed by atoms with van der Waals surface area (Å²) in [4.78, 5) is 19.1. The van der Waals surface area contributed by atoms with Crippen molar-refractivity contribution in [3.63, 3.8) is 0 Å². The fourth-order valence-corrected chi connectivity index (χ4v) is 4.83. The van der Waals surface area contributed by atoms with Crippen LogP contribution in [-0.2, 0) is 14.8 Å². The van der Waals surface area contributed by atoms with E-state index in [0.717, 1.165) is 6.26 Å². The van der Waals surface area contributed by atoms with E-state index in [-0.39, 0.29) is 11.6 Å². The molecule has 8 nitrogen and oxygen atoms in total. The first-order valence-electron chi connectivity index (χ1n) is 10.2. The molecule has 1 fully saturated rings. The number of carbonyl (C=O) groups excluding carboxylic acids is 1. The van der Waals surface area contributed by atoms with E-state index in [0.29, 0.717) is 35.3 Å². The highest BCUT2D eigenvalue weighted by atomic mass is 32.2. The Bertz CT molecular complexity index is 1180. The van der Waals surface area contributed by atoms with Crippen LogP contribution >= 0.6 is 0 Å². The molecule has 2 unspecified atom stereocenters. The van der Waals surface area contributed by atoms with Crippen molar-refractivity contribution in [2.75, 3.05) is 25.2 Å². The number of aromatic nitrogens is 1. The van der Waals surface area contributed by atoms with E-state index in [9.17, 15) is 22.9 Å². The summed E-state index contributed by atoms with van der Waals surface area (Å²) in [5.41, 5.74) is 2.16. The third-order valence-electron chi connectivity index (χ3n) is 5.47. The molecule has 0 spiro atoms. The zero-order valence-electron chi connectivity index (χ0n) is 18.4. The van der Waals surface area contributed by atoms with Crippen molar-refractivity contribution < 1.29 is 17.6 Å². The summed E-state index contributed by atoms with van der Waals surface area (Å²) in [6.45, 7) is 4.32. The predicted molar refractivity (Wildman–Crippen MR) is 120 cm³/mol. The predicted octanol–water partition coefficient (Wildman–Crippen LogP) is 2.44. The maximum Gasteiger partial charge on any atom is 0.243 e. The van der Waals surface area contributed by atoms with Crippen molar-refractivity contribution >= 4 is 21.6 Å². The Morgan fingerprint density at radius 2 is 2.06 bits per heavy atom. The molecule has 1 saturated heterocycles. The fraction of sp³-hybridized carbons (Fsp3) is 0.409. The van der Waals surface area contributed by atoms with Crippen LogP contribution in [0.4, 0.5) is 10.1 Å². The molecule has 1 aromatic heterocycles. The first kappa shape index (κ1) is 23.8. The van der Waals surface area contributed by atoms with Gasteiger partial charge in [-0.05, 0) is 54.8 Å². The highest BCUT2D eigenvalue weighted by Crippen LogP contribution is 2.36. The molecule has 1 aliphatic heterocycles. The lowest BCUT2D eigenvalue weighted by Gasteiger charge is -2.26. The second-order valence-corrected chi connectivity index (χ2v) is 10.1. The third kappa shape index (κ3) is 5.30. The number of anilines is 1. The van der Waals surface area contributed by atoms with Crippen molar-refractivity contribution in [1.82, 2.24) is 14.6 Å². The molecular formula is C22H26FN5O3S.